The minimum absolute atomic E-state index is 0.0467. The molecule has 1 saturated carbocycles. The van der Waals surface area contributed by atoms with Gasteiger partial charge in [0.2, 0.25) is 5.95 Å². The van der Waals surface area contributed by atoms with Crippen LogP contribution >= 0.6 is 0 Å². The summed E-state index contributed by atoms with van der Waals surface area (Å²) in [6, 6.07) is 14.0. The molecule has 1 aliphatic carbocycles. The highest BCUT2D eigenvalue weighted by atomic mass is 16.2. The summed E-state index contributed by atoms with van der Waals surface area (Å²) >= 11 is 0. The Morgan fingerprint density at radius 2 is 1.81 bits per heavy atom. The van der Waals surface area contributed by atoms with Crippen LogP contribution < -0.4 is 20.0 Å². The molecule has 9 heteroatoms. The number of hydrogen-bond acceptors (Lipinski definition) is 7. The Morgan fingerprint density at radius 3 is 2.57 bits per heavy atom. The van der Waals surface area contributed by atoms with Crippen molar-refractivity contribution < 1.29 is 4.79 Å². The molecule has 6 rings (SSSR count). The van der Waals surface area contributed by atoms with E-state index in [1.807, 2.05) is 68.4 Å². The molecule has 4 aromatic rings. The second-order valence-electron chi connectivity index (χ2n) is 10.2. The molecule has 1 aliphatic heterocycles. The van der Waals surface area contributed by atoms with E-state index in [1.54, 1.807) is 17.3 Å². The van der Waals surface area contributed by atoms with E-state index in [0.29, 0.717) is 5.95 Å². The number of benzene rings is 2. The van der Waals surface area contributed by atoms with E-state index >= 15 is 0 Å². The van der Waals surface area contributed by atoms with E-state index in [4.69, 9.17) is 4.98 Å². The minimum atomic E-state index is -0.325. The third-order valence-electron chi connectivity index (χ3n) is 7.52. The predicted molar refractivity (Wildman–Crippen MR) is 148 cm³/mol. The summed E-state index contributed by atoms with van der Waals surface area (Å²) in [5.41, 5.74) is 4.48. The lowest BCUT2D eigenvalue weighted by Gasteiger charge is -2.45. The quantitative estimate of drug-likeness (QED) is 0.384. The number of aromatic amines is 1. The normalized spacial score (nSPS) is 18.2. The molecule has 190 valence electrons. The highest BCUT2D eigenvalue weighted by Crippen LogP contribution is 2.42. The number of fused-ring (bicyclic) bond motifs is 2. The van der Waals surface area contributed by atoms with Crippen molar-refractivity contribution in [2.24, 2.45) is 0 Å². The summed E-state index contributed by atoms with van der Waals surface area (Å²) in [5, 5.41) is 11.5. The number of nitrogens with zero attached hydrogens (tertiary/aromatic N) is 6. The van der Waals surface area contributed by atoms with Crippen LogP contribution in [-0.2, 0) is 4.79 Å². The Kier molecular flexibility index (Phi) is 5.90. The second-order valence-corrected chi connectivity index (χ2v) is 10.2. The second kappa shape index (κ2) is 9.38. The maximum Gasteiger partial charge on any atom is 0.254 e. The van der Waals surface area contributed by atoms with Gasteiger partial charge in [0.25, 0.3) is 5.91 Å². The zero-order chi connectivity index (χ0) is 25.5. The maximum atomic E-state index is 13.8. The maximum absolute atomic E-state index is 13.8. The molecule has 1 amide bonds. The van der Waals surface area contributed by atoms with E-state index < -0.39 is 0 Å². The first-order chi connectivity index (χ1) is 18.0. The van der Waals surface area contributed by atoms with Crippen molar-refractivity contribution in [3.05, 3.63) is 54.9 Å². The Labute approximate surface area is 216 Å². The van der Waals surface area contributed by atoms with Crippen LogP contribution in [0.3, 0.4) is 0 Å². The molecule has 3 heterocycles. The van der Waals surface area contributed by atoms with Crippen LogP contribution in [0.2, 0.25) is 0 Å². The van der Waals surface area contributed by atoms with Gasteiger partial charge in [-0.1, -0.05) is 19.3 Å². The lowest BCUT2D eigenvalue weighted by molar-refractivity contribution is -0.119. The van der Waals surface area contributed by atoms with Gasteiger partial charge in [0.1, 0.15) is 11.7 Å². The number of anilines is 6. The topological polar surface area (TPSA) is 93.3 Å². The Hall–Kier alpha value is -4.14. The molecule has 2 aromatic heterocycles. The fourth-order valence-electron chi connectivity index (χ4n) is 5.55. The van der Waals surface area contributed by atoms with Crippen molar-refractivity contribution in [2.75, 3.05) is 34.1 Å². The van der Waals surface area contributed by atoms with Crippen LogP contribution in [0.15, 0.2) is 54.9 Å². The molecule has 9 nitrogen and oxygen atoms in total. The van der Waals surface area contributed by atoms with E-state index in [1.165, 1.54) is 19.3 Å². The third kappa shape index (κ3) is 4.24. The molecule has 0 saturated heterocycles. The summed E-state index contributed by atoms with van der Waals surface area (Å²) < 4.78 is 0. The molecule has 1 atom stereocenters. The van der Waals surface area contributed by atoms with E-state index in [2.05, 4.69) is 25.4 Å². The molecule has 37 heavy (non-hydrogen) atoms. The molecular formula is C28H32N8O. The Bertz CT molecular complexity index is 1420. The average Bonchev–Trinajstić information content (AvgIpc) is 3.38. The minimum Gasteiger partial charge on any atom is -0.378 e. The van der Waals surface area contributed by atoms with Gasteiger partial charge in [0, 0.05) is 42.6 Å². The molecule has 2 aromatic carbocycles. The first-order valence-corrected chi connectivity index (χ1v) is 13.0. The highest BCUT2D eigenvalue weighted by Gasteiger charge is 2.41. The number of rotatable bonds is 5. The number of carbonyl (C=O) groups is 1. The lowest BCUT2D eigenvalue weighted by atomic mass is 9.92. The highest BCUT2D eigenvalue weighted by molar-refractivity contribution is 6.10. The fourth-order valence-corrected chi connectivity index (χ4v) is 5.55. The van der Waals surface area contributed by atoms with Crippen LogP contribution in [0.1, 0.15) is 39.0 Å². The molecule has 2 N–H and O–H groups in total. The van der Waals surface area contributed by atoms with E-state index in [0.717, 1.165) is 52.3 Å². The van der Waals surface area contributed by atoms with Gasteiger partial charge in [-0.25, -0.2) is 4.98 Å². The molecule has 2 aliphatic rings. The molecule has 0 radical (unpaired) electrons. The van der Waals surface area contributed by atoms with Crippen molar-refractivity contribution >= 4 is 51.3 Å². The van der Waals surface area contributed by atoms with E-state index in [9.17, 15) is 4.79 Å². The number of amides is 1. The number of nitrogens with one attached hydrogen (secondary N) is 2. The molecule has 1 fully saturated rings. The summed E-state index contributed by atoms with van der Waals surface area (Å²) in [4.78, 5) is 29.6. The Morgan fingerprint density at radius 1 is 1.03 bits per heavy atom. The summed E-state index contributed by atoms with van der Waals surface area (Å²) in [5.74, 6) is 1.36. The zero-order valence-electron chi connectivity index (χ0n) is 21.5. The molecule has 0 unspecified atom stereocenters. The van der Waals surface area contributed by atoms with Crippen molar-refractivity contribution in [2.45, 2.75) is 51.1 Å². The van der Waals surface area contributed by atoms with Crippen LogP contribution in [0.4, 0.5) is 34.5 Å². The van der Waals surface area contributed by atoms with Gasteiger partial charge < -0.3 is 15.1 Å². The number of H-pyrrole nitrogens is 1. The number of aromatic nitrogens is 4. The zero-order valence-corrected chi connectivity index (χ0v) is 21.5. The van der Waals surface area contributed by atoms with Gasteiger partial charge >= 0.3 is 0 Å². The van der Waals surface area contributed by atoms with Crippen LogP contribution in [0.25, 0.3) is 10.9 Å². The largest absolute Gasteiger partial charge is 0.378 e. The molecule has 0 spiro atoms. The monoisotopic (exact) mass is 496 g/mol. The summed E-state index contributed by atoms with van der Waals surface area (Å²) in [6.07, 6.45) is 9.31. The van der Waals surface area contributed by atoms with Gasteiger partial charge in [-0.05, 0) is 62.2 Å². The van der Waals surface area contributed by atoms with Crippen molar-refractivity contribution in [3.8, 4) is 0 Å². The number of hydrogen-bond donors (Lipinski definition) is 2. The fraction of sp³-hybridized carbons (Fsp3) is 0.357. The standard InChI is InChI=1S/C28H32N8O/c1-18-27(37)36(23-12-10-21(11-13-23)34(2)3)25-17-29-28(31-20-9-14-24-19(15-20)16-30-33-24)32-26(25)35(18)22-7-5-4-6-8-22/h9-18,22H,4-8H2,1-3H3,(H,30,33)(H,29,31,32)/t18-/m1/s1. The summed E-state index contributed by atoms with van der Waals surface area (Å²) in [7, 11) is 4.01. The molecular weight excluding hydrogens is 464 g/mol. The van der Waals surface area contributed by atoms with Crippen LogP contribution in [0.5, 0.6) is 0 Å². The van der Waals surface area contributed by atoms with Gasteiger partial charge in [0.15, 0.2) is 5.82 Å². The summed E-state index contributed by atoms with van der Waals surface area (Å²) in [6.45, 7) is 2.00. The van der Waals surface area contributed by atoms with Crippen LogP contribution in [-0.4, -0.2) is 52.3 Å². The third-order valence-corrected chi connectivity index (χ3v) is 7.52. The van der Waals surface area contributed by atoms with Crippen molar-refractivity contribution in [3.63, 3.8) is 0 Å². The van der Waals surface area contributed by atoms with Crippen molar-refractivity contribution in [1.29, 1.82) is 0 Å². The van der Waals surface area contributed by atoms with Gasteiger partial charge in [0.05, 0.1) is 17.9 Å². The van der Waals surface area contributed by atoms with Crippen LogP contribution in [0, 0.1) is 0 Å². The van der Waals surface area contributed by atoms with Gasteiger partial charge in [-0.15, -0.1) is 0 Å². The first kappa shape index (κ1) is 23.3. The smallest absolute Gasteiger partial charge is 0.254 e. The average molecular weight is 497 g/mol. The Balaban J connectivity index is 1.41. The predicted octanol–water partition coefficient (Wildman–Crippen LogP) is 5.37. The van der Waals surface area contributed by atoms with Gasteiger partial charge in [-0.2, -0.15) is 10.1 Å². The first-order valence-electron chi connectivity index (χ1n) is 13.0. The van der Waals surface area contributed by atoms with Crippen molar-refractivity contribution in [1.82, 2.24) is 20.2 Å². The SMILES string of the molecule is C[C@@H]1C(=O)N(c2ccc(N(C)C)cc2)c2cnc(Nc3ccc4[nH]ncc4c3)nc2N1C1CCCCC1. The lowest BCUT2D eigenvalue weighted by Crippen LogP contribution is -2.55. The number of carbonyl (C=O) groups excluding carboxylic acids is 1. The van der Waals surface area contributed by atoms with Gasteiger partial charge in [-0.3, -0.25) is 14.8 Å². The molecule has 0 bridgehead atoms. The van der Waals surface area contributed by atoms with E-state index in [-0.39, 0.29) is 18.0 Å².